The molecular formula is C30H36O4S. The molecule has 4 nitrogen and oxygen atoms in total. The van der Waals surface area contributed by atoms with Crippen LogP contribution in [0.4, 0.5) is 0 Å². The van der Waals surface area contributed by atoms with Gasteiger partial charge in [0.05, 0.1) is 10.8 Å². The Kier molecular flexibility index (Phi) is 7.95. The lowest BCUT2D eigenvalue weighted by molar-refractivity contribution is -0.152. The maximum absolute atomic E-state index is 13.7. The van der Waals surface area contributed by atoms with Gasteiger partial charge in [-0.3, -0.25) is 4.79 Å². The molecule has 4 rings (SSSR count). The van der Waals surface area contributed by atoms with E-state index in [1.165, 1.54) is 5.56 Å². The van der Waals surface area contributed by atoms with Crippen molar-refractivity contribution in [3.63, 3.8) is 0 Å². The van der Waals surface area contributed by atoms with Crippen molar-refractivity contribution in [3.8, 4) is 0 Å². The SMILES string of the molecule is CC[C@@H](C(=O)O[C@H]1CCCC[C@@H]1S(=O)(=O)c1ccc2ccccc2c1)c1ccc(CC(C)C)cc1. The van der Waals surface area contributed by atoms with Gasteiger partial charge in [-0.25, -0.2) is 8.42 Å². The first-order valence-electron chi connectivity index (χ1n) is 12.8. The fourth-order valence-corrected chi connectivity index (χ4v) is 7.17. The molecule has 3 atom stereocenters. The Bertz CT molecular complexity index is 1260. The monoisotopic (exact) mass is 492 g/mol. The van der Waals surface area contributed by atoms with E-state index in [1.807, 2.05) is 49.4 Å². The highest BCUT2D eigenvalue weighted by molar-refractivity contribution is 7.92. The van der Waals surface area contributed by atoms with Crippen LogP contribution in [0, 0.1) is 5.92 Å². The summed E-state index contributed by atoms with van der Waals surface area (Å²) in [5.74, 6) is -0.149. The molecule has 0 N–H and O–H groups in total. The highest BCUT2D eigenvalue weighted by Crippen LogP contribution is 2.34. The number of sulfone groups is 1. The summed E-state index contributed by atoms with van der Waals surface area (Å²) < 4.78 is 33.3. The smallest absolute Gasteiger partial charge is 0.313 e. The van der Waals surface area contributed by atoms with Gasteiger partial charge in [-0.2, -0.15) is 0 Å². The van der Waals surface area contributed by atoms with Crippen molar-refractivity contribution in [2.24, 2.45) is 5.92 Å². The first-order valence-corrected chi connectivity index (χ1v) is 14.4. The maximum Gasteiger partial charge on any atom is 0.313 e. The largest absolute Gasteiger partial charge is 0.461 e. The van der Waals surface area contributed by atoms with Crippen LogP contribution in [0.15, 0.2) is 71.6 Å². The lowest BCUT2D eigenvalue weighted by Gasteiger charge is -2.32. The van der Waals surface area contributed by atoms with E-state index in [1.54, 1.807) is 12.1 Å². The normalized spacial score (nSPS) is 19.5. The number of fused-ring (bicyclic) bond motifs is 1. The molecule has 1 aliphatic rings. The third-order valence-corrected chi connectivity index (χ3v) is 9.32. The van der Waals surface area contributed by atoms with Crippen molar-refractivity contribution in [1.29, 1.82) is 0 Å². The molecule has 0 bridgehead atoms. The third-order valence-electron chi connectivity index (χ3n) is 7.08. The predicted octanol–water partition coefficient (Wildman–Crippen LogP) is 6.86. The number of hydrogen-bond donors (Lipinski definition) is 0. The number of ether oxygens (including phenoxy) is 1. The van der Waals surface area contributed by atoms with Crippen LogP contribution in [0.2, 0.25) is 0 Å². The van der Waals surface area contributed by atoms with E-state index < -0.39 is 27.1 Å². The van der Waals surface area contributed by atoms with E-state index in [4.69, 9.17) is 4.74 Å². The molecule has 35 heavy (non-hydrogen) atoms. The van der Waals surface area contributed by atoms with Crippen molar-refractivity contribution in [2.75, 3.05) is 0 Å². The van der Waals surface area contributed by atoms with Crippen LogP contribution in [-0.2, 0) is 25.8 Å². The van der Waals surface area contributed by atoms with Crippen LogP contribution in [0.1, 0.15) is 69.9 Å². The summed E-state index contributed by atoms with van der Waals surface area (Å²) in [5, 5.41) is 1.18. The Labute approximate surface area is 209 Å². The molecule has 186 valence electrons. The first kappa shape index (κ1) is 25.4. The number of rotatable bonds is 8. The van der Waals surface area contributed by atoms with Gasteiger partial charge < -0.3 is 4.74 Å². The average molecular weight is 493 g/mol. The summed E-state index contributed by atoms with van der Waals surface area (Å²) in [6, 6.07) is 21.2. The lowest BCUT2D eigenvalue weighted by Crippen LogP contribution is -2.40. The number of benzene rings is 3. The van der Waals surface area contributed by atoms with E-state index >= 15 is 0 Å². The van der Waals surface area contributed by atoms with E-state index in [2.05, 4.69) is 26.0 Å². The van der Waals surface area contributed by atoms with Gasteiger partial charge in [-0.1, -0.05) is 81.8 Å². The second-order valence-electron chi connectivity index (χ2n) is 10.2. The van der Waals surface area contributed by atoms with Crippen molar-refractivity contribution >= 4 is 26.6 Å². The van der Waals surface area contributed by atoms with Crippen LogP contribution in [-0.4, -0.2) is 25.7 Å². The van der Waals surface area contributed by atoms with Crippen molar-refractivity contribution in [2.45, 2.75) is 81.5 Å². The molecule has 0 aromatic heterocycles. The molecule has 1 fully saturated rings. The quantitative estimate of drug-likeness (QED) is 0.322. The molecule has 0 radical (unpaired) electrons. The van der Waals surface area contributed by atoms with Gasteiger partial charge in [0, 0.05) is 0 Å². The molecule has 1 saturated carbocycles. The Hall–Kier alpha value is -2.66. The molecule has 0 unspecified atom stereocenters. The standard InChI is InChI=1S/C30H36O4S/c1-4-27(24-15-13-22(14-16-24)19-21(2)3)30(31)34-28-11-7-8-12-29(28)35(32,33)26-18-17-23-9-5-6-10-25(23)20-26/h5-6,9-10,13-18,20-21,27-29H,4,7-8,11-12,19H2,1-3H3/t27-,28+,29+/m1/s1. The summed E-state index contributed by atoms with van der Waals surface area (Å²) in [6.07, 6.45) is 3.75. The van der Waals surface area contributed by atoms with Crippen LogP contribution in [0.3, 0.4) is 0 Å². The maximum atomic E-state index is 13.7. The fraction of sp³-hybridized carbons (Fsp3) is 0.433. The van der Waals surface area contributed by atoms with Crippen molar-refractivity contribution < 1.29 is 17.9 Å². The molecule has 0 amide bonds. The number of esters is 1. The molecule has 1 aliphatic carbocycles. The zero-order chi connectivity index (χ0) is 25.0. The van der Waals surface area contributed by atoms with Crippen LogP contribution < -0.4 is 0 Å². The van der Waals surface area contributed by atoms with E-state index in [0.717, 1.165) is 35.6 Å². The van der Waals surface area contributed by atoms with Gasteiger partial charge in [0.1, 0.15) is 11.4 Å². The summed E-state index contributed by atoms with van der Waals surface area (Å²) in [6.45, 7) is 6.34. The van der Waals surface area contributed by atoms with Crippen LogP contribution >= 0.6 is 0 Å². The first-order chi connectivity index (χ1) is 16.8. The number of hydrogen-bond acceptors (Lipinski definition) is 4. The number of carbonyl (C=O) groups excluding carboxylic acids is 1. The van der Waals surface area contributed by atoms with Crippen molar-refractivity contribution in [1.82, 2.24) is 0 Å². The fourth-order valence-electron chi connectivity index (χ4n) is 5.20. The molecule has 0 spiro atoms. The minimum Gasteiger partial charge on any atom is -0.461 e. The average Bonchev–Trinajstić information content (AvgIpc) is 2.85. The lowest BCUT2D eigenvalue weighted by atomic mass is 9.93. The summed E-state index contributed by atoms with van der Waals surface area (Å²) >= 11 is 0. The molecule has 3 aromatic carbocycles. The molecule has 0 heterocycles. The molecule has 0 aliphatic heterocycles. The Morgan fingerprint density at radius 3 is 2.31 bits per heavy atom. The van der Waals surface area contributed by atoms with Gasteiger partial charge in [0.2, 0.25) is 0 Å². The minimum atomic E-state index is -3.64. The Morgan fingerprint density at radius 1 is 0.943 bits per heavy atom. The molecule has 5 heteroatoms. The summed E-state index contributed by atoms with van der Waals surface area (Å²) in [4.78, 5) is 13.6. The molecular weight excluding hydrogens is 456 g/mol. The second kappa shape index (κ2) is 10.9. The zero-order valence-electron chi connectivity index (χ0n) is 20.9. The van der Waals surface area contributed by atoms with Crippen LogP contribution in [0.5, 0.6) is 0 Å². The van der Waals surface area contributed by atoms with Crippen LogP contribution in [0.25, 0.3) is 10.8 Å². The van der Waals surface area contributed by atoms with Crippen molar-refractivity contribution in [3.05, 3.63) is 77.9 Å². The van der Waals surface area contributed by atoms with E-state index in [0.29, 0.717) is 30.1 Å². The second-order valence-corrected chi connectivity index (χ2v) is 12.3. The van der Waals surface area contributed by atoms with E-state index in [-0.39, 0.29) is 5.97 Å². The van der Waals surface area contributed by atoms with Gasteiger partial charge in [-0.05, 0) is 72.1 Å². The zero-order valence-corrected chi connectivity index (χ0v) is 21.8. The summed E-state index contributed by atoms with van der Waals surface area (Å²) in [5.41, 5.74) is 2.18. The topological polar surface area (TPSA) is 60.4 Å². The van der Waals surface area contributed by atoms with Gasteiger partial charge in [0.25, 0.3) is 0 Å². The number of carbonyl (C=O) groups is 1. The minimum absolute atomic E-state index is 0.303. The predicted molar refractivity (Wildman–Crippen MR) is 141 cm³/mol. The van der Waals surface area contributed by atoms with E-state index in [9.17, 15) is 13.2 Å². The van der Waals surface area contributed by atoms with Gasteiger partial charge in [-0.15, -0.1) is 0 Å². The van der Waals surface area contributed by atoms with Gasteiger partial charge in [0.15, 0.2) is 9.84 Å². The Morgan fingerprint density at radius 2 is 1.63 bits per heavy atom. The molecule has 0 saturated heterocycles. The Balaban J connectivity index is 1.54. The third kappa shape index (κ3) is 5.78. The molecule has 3 aromatic rings. The highest BCUT2D eigenvalue weighted by Gasteiger charge is 2.40. The summed E-state index contributed by atoms with van der Waals surface area (Å²) in [7, 11) is -3.64. The van der Waals surface area contributed by atoms with Gasteiger partial charge >= 0.3 is 5.97 Å². The highest BCUT2D eigenvalue weighted by atomic mass is 32.2.